The van der Waals surface area contributed by atoms with Crippen LogP contribution in [0.25, 0.3) is 10.8 Å². The largest absolute Gasteiger partial charge is 0.463 e. The normalized spacial score (nSPS) is 15.1. The van der Waals surface area contributed by atoms with E-state index in [-0.39, 0.29) is 13.2 Å². The Kier molecular flexibility index (Phi) is 6.06. The number of fused-ring (bicyclic) bond motifs is 1. The van der Waals surface area contributed by atoms with Gasteiger partial charge in [0.05, 0.1) is 30.3 Å². The maximum Gasteiger partial charge on any atom is 0.336 e. The summed E-state index contributed by atoms with van der Waals surface area (Å²) >= 11 is 0. The van der Waals surface area contributed by atoms with Gasteiger partial charge in [0.1, 0.15) is 0 Å². The summed E-state index contributed by atoms with van der Waals surface area (Å²) in [5, 5.41) is 2.04. The molecule has 0 N–H and O–H groups in total. The first kappa shape index (κ1) is 20.6. The third kappa shape index (κ3) is 3.65. The molecule has 0 amide bonds. The molecular weight excluding hydrogens is 366 g/mol. The van der Waals surface area contributed by atoms with E-state index in [1.165, 1.54) is 0 Å². The maximum absolute atomic E-state index is 13.0. The molecule has 1 heterocycles. The van der Waals surface area contributed by atoms with Gasteiger partial charge in [-0.05, 0) is 44.0 Å². The molecule has 2 aromatic rings. The molecule has 1 aliphatic rings. The van der Waals surface area contributed by atoms with Crippen LogP contribution in [0.2, 0.25) is 0 Å². The third-order valence-electron chi connectivity index (χ3n) is 5.49. The Balaban J connectivity index is 2.33. The van der Waals surface area contributed by atoms with Crippen molar-refractivity contribution < 1.29 is 19.1 Å². The van der Waals surface area contributed by atoms with Crippen LogP contribution in [0.4, 0.5) is 0 Å². The van der Waals surface area contributed by atoms with Gasteiger partial charge in [-0.3, -0.25) is 0 Å². The molecule has 0 aliphatic carbocycles. The van der Waals surface area contributed by atoms with Gasteiger partial charge >= 0.3 is 11.9 Å². The average Bonchev–Trinajstić information content (AvgIpc) is 2.71. The molecular formula is C24H27NO4. The van der Waals surface area contributed by atoms with Gasteiger partial charge in [0.2, 0.25) is 0 Å². The molecule has 29 heavy (non-hydrogen) atoms. The molecule has 0 aromatic heterocycles. The van der Waals surface area contributed by atoms with E-state index in [1.807, 2.05) is 68.3 Å². The minimum absolute atomic E-state index is 0.263. The lowest BCUT2D eigenvalue weighted by molar-refractivity contribution is -0.139. The number of allylic oxidation sites excluding steroid dienone is 2. The number of hydrogen-bond donors (Lipinski definition) is 0. The van der Waals surface area contributed by atoms with E-state index in [4.69, 9.17) is 9.47 Å². The van der Waals surface area contributed by atoms with Gasteiger partial charge in [-0.25, -0.2) is 9.59 Å². The van der Waals surface area contributed by atoms with Crippen molar-refractivity contribution in [2.45, 2.75) is 33.6 Å². The van der Waals surface area contributed by atoms with Crippen molar-refractivity contribution in [3.8, 4) is 0 Å². The summed E-state index contributed by atoms with van der Waals surface area (Å²) in [6.45, 7) is 7.85. The Morgan fingerprint density at radius 1 is 0.862 bits per heavy atom. The number of rotatable bonds is 5. The Morgan fingerprint density at radius 2 is 1.38 bits per heavy atom. The van der Waals surface area contributed by atoms with Crippen LogP contribution in [-0.4, -0.2) is 37.1 Å². The fourth-order valence-corrected chi connectivity index (χ4v) is 3.94. The number of esters is 2. The molecule has 0 unspecified atom stereocenters. The standard InChI is InChI=1S/C24H27NO4/c1-6-28-23(26)20-15(3)25(5)16(4)21(24(27)29-7-2)22(20)19-14-10-12-17-11-8-9-13-18(17)19/h8-14,22H,6-7H2,1-5H3. The van der Waals surface area contributed by atoms with Gasteiger partial charge in [0.15, 0.2) is 0 Å². The first-order chi connectivity index (χ1) is 13.9. The molecule has 0 bridgehead atoms. The smallest absolute Gasteiger partial charge is 0.336 e. The Bertz CT molecular complexity index is 971. The highest BCUT2D eigenvalue weighted by Gasteiger charge is 2.40. The van der Waals surface area contributed by atoms with E-state index in [1.54, 1.807) is 13.8 Å². The van der Waals surface area contributed by atoms with Gasteiger partial charge in [-0.1, -0.05) is 42.5 Å². The number of nitrogens with zero attached hydrogens (tertiary/aromatic N) is 1. The summed E-state index contributed by atoms with van der Waals surface area (Å²) in [6.07, 6.45) is 0. The van der Waals surface area contributed by atoms with Crippen molar-refractivity contribution >= 4 is 22.7 Å². The van der Waals surface area contributed by atoms with Crippen LogP contribution in [0.3, 0.4) is 0 Å². The molecule has 0 saturated heterocycles. The van der Waals surface area contributed by atoms with Crippen molar-refractivity contribution in [3.05, 3.63) is 70.6 Å². The second kappa shape index (κ2) is 8.52. The van der Waals surface area contributed by atoms with E-state index in [0.29, 0.717) is 11.1 Å². The number of ether oxygens (including phenoxy) is 2. The summed E-state index contributed by atoms with van der Waals surface area (Å²) in [7, 11) is 1.85. The molecule has 0 spiro atoms. The third-order valence-corrected chi connectivity index (χ3v) is 5.49. The number of carbonyl (C=O) groups excluding carboxylic acids is 2. The summed E-state index contributed by atoms with van der Waals surface area (Å²) < 4.78 is 10.8. The van der Waals surface area contributed by atoms with Gasteiger partial charge in [0, 0.05) is 18.4 Å². The summed E-state index contributed by atoms with van der Waals surface area (Å²) in [5.74, 6) is -1.39. The molecule has 2 aromatic carbocycles. The lowest BCUT2D eigenvalue weighted by Gasteiger charge is -2.36. The second-order valence-electron chi connectivity index (χ2n) is 7.00. The van der Waals surface area contributed by atoms with Crippen LogP contribution in [0.15, 0.2) is 65.0 Å². The maximum atomic E-state index is 13.0. The van der Waals surface area contributed by atoms with Crippen molar-refractivity contribution in [1.82, 2.24) is 4.90 Å². The van der Waals surface area contributed by atoms with E-state index in [9.17, 15) is 9.59 Å². The van der Waals surface area contributed by atoms with E-state index < -0.39 is 17.9 Å². The monoisotopic (exact) mass is 393 g/mol. The van der Waals surface area contributed by atoms with Gasteiger partial charge in [0.25, 0.3) is 0 Å². The fraction of sp³-hybridized carbons (Fsp3) is 0.333. The Hall–Kier alpha value is -3.08. The van der Waals surface area contributed by atoms with Crippen LogP contribution in [0.5, 0.6) is 0 Å². The highest BCUT2D eigenvalue weighted by Crippen LogP contribution is 2.44. The number of carbonyl (C=O) groups is 2. The number of hydrogen-bond acceptors (Lipinski definition) is 5. The van der Waals surface area contributed by atoms with Crippen molar-refractivity contribution in [3.63, 3.8) is 0 Å². The predicted molar refractivity (Wildman–Crippen MR) is 113 cm³/mol. The lowest BCUT2D eigenvalue weighted by Crippen LogP contribution is -2.33. The van der Waals surface area contributed by atoms with Crippen LogP contribution < -0.4 is 0 Å². The first-order valence-electron chi connectivity index (χ1n) is 9.89. The van der Waals surface area contributed by atoms with E-state index in [2.05, 4.69) is 0 Å². The van der Waals surface area contributed by atoms with E-state index >= 15 is 0 Å². The highest BCUT2D eigenvalue weighted by molar-refractivity contribution is 6.02. The molecule has 5 nitrogen and oxygen atoms in total. The minimum atomic E-state index is -0.560. The van der Waals surface area contributed by atoms with Crippen molar-refractivity contribution in [2.75, 3.05) is 20.3 Å². The predicted octanol–water partition coefficient (Wildman–Crippen LogP) is 4.54. The highest BCUT2D eigenvalue weighted by atomic mass is 16.5. The second-order valence-corrected chi connectivity index (χ2v) is 7.00. The van der Waals surface area contributed by atoms with Crippen LogP contribution in [0.1, 0.15) is 39.2 Å². The zero-order valence-electron chi connectivity index (χ0n) is 17.6. The summed E-state index contributed by atoms with van der Waals surface area (Å²) in [6, 6.07) is 13.9. The van der Waals surface area contributed by atoms with Gasteiger partial charge in [-0.2, -0.15) is 0 Å². The van der Waals surface area contributed by atoms with Crippen LogP contribution >= 0.6 is 0 Å². The molecule has 0 radical (unpaired) electrons. The molecule has 0 fully saturated rings. The fourth-order valence-electron chi connectivity index (χ4n) is 3.94. The quantitative estimate of drug-likeness (QED) is 0.698. The molecule has 5 heteroatoms. The lowest BCUT2D eigenvalue weighted by atomic mass is 9.78. The Morgan fingerprint density at radius 3 is 1.93 bits per heavy atom. The number of benzene rings is 2. The minimum Gasteiger partial charge on any atom is -0.463 e. The van der Waals surface area contributed by atoms with Crippen molar-refractivity contribution in [1.29, 1.82) is 0 Å². The SMILES string of the molecule is CCOC(=O)C1=C(C)N(C)C(C)=C(C(=O)OCC)C1c1cccc2ccccc12. The average molecular weight is 393 g/mol. The van der Waals surface area contributed by atoms with Crippen LogP contribution in [-0.2, 0) is 19.1 Å². The zero-order chi connectivity index (χ0) is 21.1. The molecule has 0 atom stereocenters. The van der Waals surface area contributed by atoms with Crippen molar-refractivity contribution in [2.24, 2.45) is 0 Å². The van der Waals surface area contributed by atoms with Crippen LogP contribution in [0, 0.1) is 0 Å². The molecule has 0 saturated carbocycles. The zero-order valence-corrected chi connectivity index (χ0v) is 17.6. The Labute approximate surface area is 171 Å². The molecule has 152 valence electrons. The topological polar surface area (TPSA) is 55.8 Å². The summed E-state index contributed by atoms with van der Waals surface area (Å²) in [4.78, 5) is 27.9. The summed E-state index contributed by atoms with van der Waals surface area (Å²) in [5.41, 5.74) is 3.37. The first-order valence-corrected chi connectivity index (χ1v) is 9.89. The van der Waals surface area contributed by atoms with E-state index in [0.717, 1.165) is 27.7 Å². The van der Waals surface area contributed by atoms with Gasteiger partial charge in [-0.15, -0.1) is 0 Å². The molecule has 1 aliphatic heterocycles. The van der Waals surface area contributed by atoms with Gasteiger partial charge < -0.3 is 14.4 Å². The molecule has 3 rings (SSSR count).